The standard InChI is InChI=1S/C14H24N2O4/c1-14(12(18)19)6-3-7-15(10-14)13(20)16(8-9-17)11-4-2-5-11/h11,17H,2-10H2,1H3,(H,18,19). The van der Waals surface area contributed by atoms with Crippen LogP contribution in [0, 0.1) is 5.41 Å². The summed E-state index contributed by atoms with van der Waals surface area (Å²) < 4.78 is 0. The molecule has 1 aliphatic carbocycles. The van der Waals surface area contributed by atoms with Crippen LogP contribution in [-0.4, -0.2) is 64.3 Å². The molecule has 1 heterocycles. The summed E-state index contributed by atoms with van der Waals surface area (Å²) in [5.74, 6) is -0.840. The van der Waals surface area contributed by atoms with Crippen molar-refractivity contribution in [2.75, 3.05) is 26.2 Å². The first-order chi connectivity index (χ1) is 9.48. The fourth-order valence-electron chi connectivity index (χ4n) is 3.00. The van der Waals surface area contributed by atoms with E-state index in [0.29, 0.717) is 25.9 Å². The minimum Gasteiger partial charge on any atom is -0.481 e. The van der Waals surface area contributed by atoms with Crippen molar-refractivity contribution in [2.45, 2.75) is 45.1 Å². The summed E-state index contributed by atoms with van der Waals surface area (Å²) in [5.41, 5.74) is -0.849. The lowest BCUT2D eigenvalue weighted by Crippen LogP contribution is -2.56. The predicted molar refractivity (Wildman–Crippen MR) is 73.4 cm³/mol. The number of aliphatic hydroxyl groups excluding tert-OH is 1. The largest absolute Gasteiger partial charge is 0.481 e. The van der Waals surface area contributed by atoms with Gasteiger partial charge in [0.05, 0.1) is 12.0 Å². The Hall–Kier alpha value is -1.30. The first kappa shape index (κ1) is 15.1. The summed E-state index contributed by atoms with van der Waals surface area (Å²) in [6, 6.07) is 0.101. The third-order valence-electron chi connectivity index (χ3n) is 4.59. The molecular weight excluding hydrogens is 260 g/mol. The van der Waals surface area contributed by atoms with Crippen LogP contribution in [0.5, 0.6) is 0 Å². The van der Waals surface area contributed by atoms with Gasteiger partial charge in [-0.1, -0.05) is 0 Å². The van der Waals surface area contributed by atoms with E-state index in [2.05, 4.69) is 0 Å². The second-order valence-electron chi connectivity index (χ2n) is 6.18. The Morgan fingerprint density at radius 3 is 2.55 bits per heavy atom. The van der Waals surface area contributed by atoms with Gasteiger partial charge in [-0.25, -0.2) is 4.79 Å². The van der Waals surface area contributed by atoms with Gasteiger partial charge in [-0.05, 0) is 39.0 Å². The Kier molecular flexibility index (Phi) is 4.52. The highest BCUT2D eigenvalue weighted by molar-refractivity contribution is 5.78. The van der Waals surface area contributed by atoms with Crippen molar-refractivity contribution in [1.82, 2.24) is 9.80 Å². The molecule has 0 aromatic carbocycles. The van der Waals surface area contributed by atoms with Gasteiger partial charge in [-0.2, -0.15) is 0 Å². The number of urea groups is 1. The SMILES string of the molecule is CC1(C(=O)O)CCCN(C(=O)N(CCO)C2CCC2)C1. The maximum Gasteiger partial charge on any atom is 0.320 e. The number of amides is 2. The first-order valence-electron chi connectivity index (χ1n) is 7.38. The molecule has 1 saturated heterocycles. The Morgan fingerprint density at radius 2 is 2.05 bits per heavy atom. The topological polar surface area (TPSA) is 81.1 Å². The van der Waals surface area contributed by atoms with Gasteiger partial charge in [-0.3, -0.25) is 4.79 Å². The first-order valence-corrected chi connectivity index (χ1v) is 7.38. The summed E-state index contributed by atoms with van der Waals surface area (Å²) >= 11 is 0. The fraction of sp³-hybridized carbons (Fsp3) is 0.857. The molecular formula is C14H24N2O4. The fourth-order valence-corrected chi connectivity index (χ4v) is 3.00. The molecule has 1 saturated carbocycles. The number of piperidine rings is 1. The minimum absolute atomic E-state index is 0.0493. The van der Waals surface area contributed by atoms with E-state index in [1.54, 1.807) is 16.7 Å². The van der Waals surface area contributed by atoms with E-state index in [4.69, 9.17) is 5.11 Å². The molecule has 114 valence electrons. The molecule has 2 amide bonds. The smallest absolute Gasteiger partial charge is 0.320 e. The molecule has 6 heteroatoms. The molecule has 6 nitrogen and oxygen atoms in total. The van der Waals surface area contributed by atoms with E-state index in [9.17, 15) is 14.7 Å². The van der Waals surface area contributed by atoms with Crippen LogP contribution in [0.3, 0.4) is 0 Å². The monoisotopic (exact) mass is 284 g/mol. The van der Waals surface area contributed by atoms with Crippen molar-refractivity contribution < 1.29 is 19.8 Å². The Balaban J connectivity index is 2.04. The second kappa shape index (κ2) is 5.99. The summed E-state index contributed by atoms with van der Waals surface area (Å²) in [6.45, 7) is 2.86. The van der Waals surface area contributed by atoms with Gasteiger partial charge in [0.15, 0.2) is 0 Å². The number of carboxylic acids is 1. The zero-order valence-electron chi connectivity index (χ0n) is 12.0. The molecule has 2 rings (SSSR count). The highest BCUT2D eigenvalue weighted by Crippen LogP contribution is 2.32. The third-order valence-corrected chi connectivity index (χ3v) is 4.59. The van der Waals surface area contributed by atoms with Crippen LogP contribution in [-0.2, 0) is 4.79 Å². The van der Waals surface area contributed by atoms with E-state index < -0.39 is 11.4 Å². The zero-order chi connectivity index (χ0) is 14.8. The molecule has 2 fully saturated rings. The van der Waals surface area contributed by atoms with Gasteiger partial charge >= 0.3 is 12.0 Å². The van der Waals surface area contributed by atoms with Crippen molar-refractivity contribution >= 4 is 12.0 Å². The lowest BCUT2D eigenvalue weighted by atomic mass is 9.82. The number of likely N-dealkylation sites (tertiary alicyclic amines) is 1. The summed E-state index contributed by atoms with van der Waals surface area (Å²) in [6.07, 6.45) is 4.40. The maximum atomic E-state index is 12.6. The van der Waals surface area contributed by atoms with Crippen molar-refractivity contribution in [3.05, 3.63) is 0 Å². The molecule has 0 bridgehead atoms. The molecule has 2 N–H and O–H groups in total. The number of carbonyl (C=O) groups is 2. The summed E-state index contributed by atoms with van der Waals surface area (Å²) in [4.78, 5) is 27.3. The zero-order valence-corrected chi connectivity index (χ0v) is 12.0. The van der Waals surface area contributed by atoms with Gasteiger partial charge in [-0.15, -0.1) is 0 Å². The number of nitrogens with zero attached hydrogens (tertiary/aromatic N) is 2. The molecule has 0 aromatic rings. The van der Waals surface area contributed by atoms with Crippen LogP contribution in [0.2, 0.25) is 0 Å². The van der Waals surface area contributed by atoms with Crippen molar-refractivity contribution in [2.24, 2.45) is 5.41 Å². The molecule has 20 heavy (non-hydrogen) atoms. The quantitative estimate of drug-likeness (QED) is 0.811. The Labute approximate surface area is 119 Å². The predicted octanol–water partition coefficient (Wildman–Crippen LogP) is 1.14. The van der Waals surface area contributed by atoms with E-state index >= 15 is 0 Å². The molecule has 0 radical (unpaired) electrons. The van der Waals surface area contributed by atoms with Gasteiger partial charge < -0.3 is 20.0 Å². The number of carbonyl (C=O) groups excluding carboxylic acids is 1. The van der Waals surface area contributed by atoms with Crippen molar-refractivity contribution in [3.8, 4) is 0 Å². The van der Waals surface area contributed by atoms with Gasteiger partial charge in [0, 0.05) is 25.7 Å². The van der Waals surface area contributed by atoms with Gasteiger partial charge in [0.25, 0.3) is 0 Å². The number of aliphatic hydroxyl groups is 1. The number of aliphatic carboxylic acids is 1. The van der Waals surface area contributed by atoms with Gasteiger partial charge in [0.1, 0.15) is 0 Å². The molecule has 1 unspecified atom stereocenters. The molecule has 1 aliphatic heterocycles. The average molecular weight is 284 g/mol. The Bertz CT molecular complexity index is 383. The minimum atomic E-state index is -0.849. The lowest BCUT2D eigenvalue weighted by Gasteiger charge is -2.44. The number of hydrogen-bond donors (Lipinski definition) is 2. The third kappa shape index (κ3) is 2.90. The van der Waals surface area contributed by atoms with Crippen LogP contribution in [0.25, 0.3) is 0 Å². The summed E-state index contributed by atoms with van der Waals surface area (Å²) in [5, 5.41) is 18.5. The van der Waals surface area contributed by atoms with Crippen LogP contribution in [0.15, 0.2) is 0 Å². The molecule has 0 spiro atoms. The Morgan fingerprint density at radius 1 is 1.35 bits per heavy atom. The van der Waals surface area contributed by atoms with Crippen LogP contribution < -0.4 is 0 Å². The van der Waals surface area contributed by atoms with E-state index in [0.717, 1.165) is 19.3 Å². The van der Waals surface area contributed by atoms with Crippen LogP contribution in [0.1, 0.15) is 39.0 Å². The van der Waals surface area contributed by atoms with Crippen molar-refractivity contribution in [3.63, 3.8) is 0 Å². The molecule has 1 atom stereocenters. The maximum absolute atomic E-state index is 12.6. The highest BCUT2D eigenvalue weighted by atomic mass is 16.4. The summed E-state index contributed by atoms with van der Waals surface area (Å²) in [7, 11) is 0. The van der Waals surface area contributed by atoms with Crippen molar-refractivity contribution in [1.29, 1.82) is 0 Å². The highest BCUT2D eigenvalue weighted by Gasteiger charge is 2.41. The second-order valence-corrected chi connectivity index (χ2v) is 6.18. The van der Waals surface area contributed by atoms with Gasteiger partial charge in [0.2, 0.25) is 0 Å². The molecule has 0 aromatic heterocycles. The molecule has 2 aliphatic rings. The van der Waals surface area contributed by atoms with E-state index in [1.807, 2.05) is 0 Å². The number of carboxylic acid groups (broad SMARTS) is 1. The van der Waals surface area contributed by atoms with Crippen LogP contribution >= 0.6 is 0 Å². The average Bonchev–Trinajstić information content (AvgIpc) is 2.35. The van der Waals surface area contributed by atoms with Crippen LogP contribution in [0.4, 0.5) is 4.79 Å². The number of hydrogen-bond acceptors (Lipinski definition) is 3. The normalized spacial score (nSPS) is 27.0. The lowest BCUT2D eigenvalue weighted by molar-refractivity contribution is -0.150. The number of rotatable bonds is 4. The van der Waals surface area contributed by atoms with E-state index in [1.165, 1.54) is 0 Å². The van der Waals surface area contributed by atoms with E-state index in [-0.39, 0.29) is 25.2 Å².